The Labute approximate surface area is 117 Å². The fourth-order valence-corrected chi connectivity index (χ4v) is 1.97. The van der Waals surface area contributed by atoms with E-state index in [1.54, 1.807) is 12.3 Å². The molecule has 0 aliphatic rings. The number of benzene rings is 1. The van der Waals surface area contributed by atoms with E-state index in [2.05, 4.69) is 17.3 Å². The summed E-state index contributed by atoms with van der Waals surface area (Å²) < 4.78 is 15.2. The molecule has 0 amide bonds. The van der Waals surface area contributed by atoms with Crippen molar-refractivity contribution in [3.63, 3.8) is 0 Å². The smallest absolute Gasteiger partial charge is 0.142 e. The molecule has 0 fully saturated rings. The Morgan fingerprint density at radius 3 is 2.95 bits per heavy atom. The number of nitrogens with one attached hydrogen (secondary N) is 1. The van der Waals surface area contributed by atoms with Gasteiger partial charge in [-0.05, 0) is 36.7 Å². The average Bonchev–Trinajstić information content (AvgIpc) is 2.82. The van der Waals surface area contributed by atoms with Gasteiger partial charge in [0, 0.05) is 12.7 Å². The third-order valence-electron chi connectivity index (χ3n) is 2.85. The maximum absolute atomic E-state index is 13.4. The number of halogens is 2. The summed E-state index contributed by atoms with van der Waals surface area (Å²) in [4.78, 5) is 0. The van der Waals surface area contributed by atoms with Gasteiger partial charge in [-0.1, -0.05) is 24.6 Å². The average molecular weight is 282 g/mol. The van der Waals surface area contributed by atoms with Crippen LogP contribution in [0.2, 0.25) is 5.02 Å². The molecule has 0 spiro atoms. The van der Waals surface area contributed by atoms with Crippen molar-refractivity contribution in [2.24, 2.45) is 0 Å². The van der Waals surface area contributed by atoms with Crippen molar-refractivity contribution in [2.45, 2.75) is 26.4 Å². The van der Waals surface area contributed by atoms with Crippen LogP contribution in [0.5, 0.6) is 0 Å². The van der Waals surface area contributed by atoms with Gasteiger partial charge >= 0.3 is 0 Å². The molecule has 2 aromatic rings. The lowest BCUT2D eigenvalue weighted by Gasteiger charge is -2.09. The first-order chi connectivity index (χ1) is 9.20. The van der Waals surface area contributed by atoms with Gasteiger partial charge in [0.2, 0.25) is 0 Å². The van der Waals surface area contributed by atoms with E-state index in [4.69, 9.17) is 11.6 Å². The van der Waals surface area contributed by atoms with Crippen LogP contribution in [0.1, 0.15) is 24.6 Å². The molecule has 5 heteroatoms. The van der Waals surface area contributed by atoms with Gasteiger partial charge in [0.15, 0.2) is 0 Å². The Morgan fingerprint density at radius 2 is 2.21 bits per heavy atom. The van der Waals surface area contributed by atoms with E-state index in [1.165, 1.54) is 6.07 Å². The van der Waals surface area contributed by atoms with Gasteiger partial charge in [0.1, 0.15) is 5.82 Å². The SMILES string of the molecule is CCCNCc1ccnn1Cc1ccc(Cl)c(F)c1. The van der Waals surface area contributed by atoms with E-state index in [-0.39, 0.29) is 5.02 Å². The summed E-state index contributed by atoms with van der Waals surface area (Å²) in [6.07, 6.45) is 2.85. The fraction of sp³-hybridized carbons (Fsp3) is 0.357. The van der Waals surface area contributed by atoms with Crippen molar-refractivity contribution < 1.29 is 4.39 Å². The van der Waals surface area contributed by atoms with Gasteiger partial charge in [-0.15, -0.1) is 0 Å². The lowest BCUT2D eigenvalue weighted by atomic mass is 10.2. The zero-order chi connectivity index (χ0) is 13.7. The molecule has 0 saturated carbocycles. The molecule has 0 aliphatic heterocycles. The summed E-state index contributed by atoms with van der Waals surface area (Å²) in [7, 11) is 0. The van der Waals surface area contributed by atoms with E-state index in [0.29, 0.717) is 6.54 Å². The molecule has 2 rings (SSSR count). The predicted octanol–water partition coefficient (Wildman–Crippen LogP) is 3.22. The number of hydrogen-bond donors (Lipinski definition) is 1. The van der Waals surface area contributed by atoms with E-state index in [0.717, 1.165) is 30.8 Å². The van der Waals surface area contributed by atoms with Crippen molar-refractivity contribution >= 4 is 11.6 Å². The highest BCUT2D eigenvalue weighted by atomic mass is 35.5. The first-order valence-corrected chi connectivity index (χ1v) is 6.74. The Hall–Kier alpha value is -1.39. The van der Waals surface area contributed by atoms with Gasteiger partial charge in [-0.25, -0.2) is 4.39 Å². The molecule has 1 aromatic heterocycles. The highest BCUT2D eigenvalue weighted by Gasteiger charge is 2.05. The molecule has 3 nitrogen and oxygen atoms in total. The largest absolute Gasteiger partial charge is 0.311 e. The summed E-state index contributed by atoms with van der Waals surface area (Å²) in [5.74, 6) is -0.392. The van der Waals surface area contributed by atoms with E-state index in [1.807, 2.05) is 16.8 Å². The van der Waals surface area contributed by atoms with E-state index in [9.17, 15) is 4.39 Å². The highest BCUT2D eigenvalue weighted by molar-refractivity contribution is 6.30. The Kier molecular flexibility index (Phi) is 4.93. The third kappa shape index (κ3) is 3.78. The Morgan fingerprint density at radius 1 is 1.37 bits per heavy atom. The van der Waals surface area contributed by atoms with E-state index >= 15 is 0 Å². The second kappa shape index (κ2) is 6.68. The number of rotatable bonds is 6. The highest BCUT2D eigenvalue weighted by Crippen LogP contribution is 2.16. The van der Waals surface area contributed by atoms with Crippen LogP contribution < -0.4 is 5.32 Å². The minimum Gasteiger partial charge on any atom is -0.311 e. The topological polar surface area (TPSA) is 29.9 Å². The Bertz CT molecular complexity index is 539. The second-order valence-corrected chi connectivity index (χ2v) is 4.81. The van der Waals surface area contributed by atoms with Crippen LogP contribution in [0.25, 0.3) is 0 Å². The van der Waals surface area contributed by atoms with Gasteiger partial charge < -0.3 is 5.32 Å². The molecular weight excluding hydrogens is 265 g/mol. The monoisotopic (exact) mass is 281 g/mol. The van der Waals surface area contributed by atoms with Crippen LogP contribution in [0, 0.1) is 5.82 Å². The van der Waals surface area contributed by atoms with Gasteiger partial charge in [0.25, 0.3) is 0 Å². The Balaban J connectivity index is 2.06. The van der Waals surface area contributed by atoms with Crippen LogP contribution >= 0.6 is 11.6 Å². The molecule has 1 aromatic carbocycles. The summed E-state index contributed by atoms with van der Waals surface area (Å²) in [6.45, 7) is 4.41. The third-order valence-corrected chi connectivity index (χ3v) is 3.16. The number of nitrogens with zero attached hydrogens (tertiary/aromatic N) is 2. The van der Waals surface area contributed by atoms with E-state index < -0.39 is 5.82 Å². The number of aromatic nitrogens is 2. The minimum atomic E-state index is -0.392. The van der Waals surface area contributed by atoms with Gasteiger partial charge in [-0.3, -0.25) is 4.68 Å². The first-order valence-electron chi connectivity index (χ1n) is 6.36. The first kappa shape index (κ1) is 14.0. The molecule has 19 heavy (non-hydrogen) atoms. The van der Waals surface area contributed by atoms with Crippen LogP contribution in [0.15, 0.2) is 30.5 Å². The fourth-order valence-electron chi connectivity index (χ4n) is 1.86. The van der Waals surface area contributed by atoms with Crippen molar-refractivity contribution in [2.75, 3.05) is 6.54 Å². The molecule has 1 heterocycles. The van der Waals surface area contributed by atoms with Crippen molar-refractivity contribution in [3.8, 4) is 0 Å². The van der Waals surface area contributed by atoms with Crippen LogP contribution in [0.4, 0.5) is 4.39 Å². The molecular formula is C14H17ClFN3. The van der Waals surface area contributed by atoms with Crippen molar-refractivity contribution in [3.05, 3.63) is 52.6 Å². The summed E-state index contributed by atoms with van der Waals surface area (Å²) in [5.41, 5.74) is 1.94. The molecule has 102 valence electrons. The van der Waals surface area contributed by atoms with Crippen molar-refractivity contribution in [1.82, 2.24) is 15.1 Å². The molecule has 0 unspecified atom stereocenters. The minimum absolute atomic E-state index is 0.147. The molecule has 0 saturated heterocycles. The zero-order valence-electron chi connectivity index (χ0n) is 10.9. The summed E-state index contributed by atoms with van der Waals surface area (Å²) in [5, 5.41) is 7.74. The van der Waals surface area contributed by atoms with Crippen LogP contribution in [0.3, 0.4) is 0 Å². The standard InChI is InChI=1S/C14H17ClFN3/c1-2-6-17-9-12-5-7-18-19(12)10-11-3-4-13(15)14(16)8-11/h3-5,7-8,17H,2,6,9-10H2,1H3. The maximum atomic E-state index is 13.4. The zero-order valence-corrected chi connectivity index (χ0v) is 11.6. The lowest BCUT2D eigenvalue weighted by molar-refractivity contribution is 0.586. The summed E-state index contributed by atoms with van der Waals surface area (Å²) in [6, 6.07) is 6.81. The second-order valence-electron chi connectivity index (χ2n) is 4.41. The van der Waals surface area contributed by atoms with Gasteiger partial charge in [0.05, 0.1) is 17.3 Å². The molecule has 0 atom stereocenters. The maximum Gasteiger partial charge on any atom is 0.142 e. The van der Waals surface area contributed by atoms with Crippen LogP contribution in [-0.2, 0) is 13.1 Å². The normalized spacial score (nSPS) is 10.9. The quantitative estimate of drug-likeness (QED) is 0.824. The molecule has 0 radical (unpaired) electrons. The predicted molar refractivity (Wildman–Crippen MR) is 74.7 cm³/mol. The van der Waals surface area contributed by atoms with Crippen LogP contribution in [-0.4, -0.2) is 16.3 Å². The molecule has 0 aliphatic carbocycles. The summed E-state index contributed by atoms with van der Waals surface area (Å²) >= 11 is 5.67. The lowest BCUT2D eigenvalue weighted by Crippen LogP contribution is -2.17. The number of hydrogen-bond acceptors (Lipinski definition) is 2. The van der Waals surface area contributed by atoms with Gasteiger partial charge in [-0.2, -0.15) is 5.10 Å². The van der Waals surface area contributed by atoms with Crippen molar-refractivity contribution in [1.29, 1.82) is 0 Å². The molecule has 1 N–H and O–H groups in total. The molecule has 0 bridgehead atoms.